The van der Waals surface area contributed by atoms with Crippen LogP contribution in [0.3, 0.4) is 0 Å². The van der Waals surface area contributed by atoms with Crippen LogP contribution in [-0.2, 0) is 0 Å². The van der Waals surface area contributed by atoms with Gasteiger partial charge in [-0.15, -0.1) is 0 Å². The van der Waals surface area contributed by atoms with Crippen LogP contribution in [0.15, 0.2) is 11.4 Å². The van der Waals surface area contributed by atoms with Gasteiger partial charge in [0.15, 0.2) is 0 Å². The molecule has 1 heterocycles. The number of hydrogen-bond acceptors (Lipinski definition) is 1. The monoisotopic (exact) mass is 105 g/mol. The van der Waals surface area contributed by atoms with Gasteiger partial charge in [0.1, 0.15) is 0 Å². The van der Waals surface area contributed by atoms with Crippen molar-refractivity contribution >= 4 is 20.4 Å². The van der Waals surface area contributed by atoms with Crippen molar-refractivity contribution in [3.8, 4) is 0 Å². The van der Waals surface area contributed by atoms with Crippen LogP contribution >= 0.6 is 0 Å². The first-order valence-electron chi connectivity index (χ1n) is 2.76. The van der Waals surface area contributed by atoms with E-state index in [0.29, 0.717) is 0 Å². The molecule has 0 saturated carbocycles. The maximum atomic E-state index is 8.46. The summed E-state index contributed by atoms with van der Waals surface area (Å²) in [6.45, 7) is 1.96. The second-order valence-electron chi connectivity index (χ2n) is 1.84. The summed E-state index contributed by atoms with van der Waals surface area (Å²) in [5.41, 5.74) is 1.02. The number of allylic oxidation sites excluding steroid dienone is 1. The van der Waals surface area contributed by atoms with Gasteiger partial charge >= 0.3 is 49.7 Å². The van der Waals surface area contributed by atoms with Crippen molar-refractivity contribution in [1.29, 1.82) is 0 Å². The SMILES string of the molecule is O[B]C1=CB=CCC1. The molecule has 0 bridgehead atoms. The summed E-state index contributed by atoms with van der Waals surface area (Å²) in [5, 5.41) is 8.46. The van der Waals surface area contributed by atoms with E-state index in [-0.39, 0.29) is 0 Å². The third kappa shape index (κ3) is 1.34. The molecule has 0 aromatic heterocycles. The van der Waals surface area contributed by atoms with E-state index >= 15 is 0 Å². The van der Waals surface area contributed by atoms with Gasteiger partial charge in [-0.05, 0) is 0 Å². The van der Waals surface area contributed by atoms with Crippen molar-refractivity contribution in [3.63, 3.8) is 0 Å². The molecule has 1 aliphatic rings. The second-order valence-corrected chi connectivity index (χ2v) is 1.84. The minimum absolute atomic E-state index is 0.979. The second kappa shape index (κ2) is 2.88. The first-order valence-corrected chi connectivity index (χ1v) is 2.76. The molecule has 0 unspecified atom stereocenters. The van der Waals surface area contributed by atoms with Gasteiger partial charge in [-0.2, -0.15) is 0 Å². The molecule has 3 heteroatoms. The van der Waals surface area contributed by atoms with Crippen molar-refractivity contribution < 1.29 is 5.02 Å². The Bertz CT molecular complexity index is 128. The Labute approximate surface area is 50.6 Å². The van der Waals surface area contributed by atoms with Crippen LogP contribution in [0.2, 0.25) is 0 Å². The van der Waals surface area contributed by atoms with E-state index in [1.54, 1.807) is 0 Å². The zero-order valence-electron chi connectivity index (χ0n) is 4.67. The number of hydrogen-bond donors (Lipinski definition) is 1. The van der Waals surface area contributed by atoms with Crippen LogP contribution in [0.1, 0.15) is 12.8 Å². The standard InChI is InChI=1S/C5H7B2O/c8-7-5-2-1-3-6-4-5/h3-4,8H,1-2H2. The van der Waals surface area contributed by atoms with Gasteiger partial charge in [0.05, 0.1) is 0 Å². The quantitative estimate of drug-likeness (QED) is 0.455. The Morgan fingerprint density at radius 3 is 3.00 bits per heavy atom. The normalized spacial score (nSPS) is 16.9. The first kappa shape index (κ1) is 5.83. The predicted molar refractivity (Wildman–Crippen MR) is 37.1 cm³/mol. The van der Waals surface area contributed by atoms with Crippen molar-refractivity contribution in [3.05, 3.63) is 11.4 Å². The van der Waals surface area contributed by atoms with E-state index in [4.69, 9.17) is 5.02 Å². The summed E-state index contributed by atoms with van der Waals surface area (Å²) in [4.78, 5) is 0. The van der Waals surface area contributed by atoms with Gasteiger partial charge in [0.25, 0.3) is 0 Å². The summed E-state index contributed by atoms with van der Waals surface area (Å²) < 4.78 is 0. The Hall–Kier alpha value is -0.300. The van der Waals surface area contributed by atoms with E-state index in [9.17, 15) is 0 Å². The Morgan fingerprint density at radius 2 is 2.62 bits per heavy atom. The maximum absolute atomic E-state index is 8.46. The molecule has 1 radical (unpaired) electrons. The molecule has 0 atom stereocenters. The topological polar surface area (TPSA) is 20.2 Å². The molecular weight excluding hydrogens is 97.7 g/mol. The van der Waals surface area contributed by atoms with Crippen LogP contribution in [0.25, 0.3) is 0 Å². The molecule has 39 valence electrons. The zero-order valence-corrected chi connectivity index (χ0v) is 4.67. The van der Waals surface area contributed by atoms with Gasteiger partial charge in [-0.25, -0.2) is 0 Å². The predicted octanol–water partition coefficient (Wildman–Crippen LogP) is -0.261. The molecule has 0 fully saturated rings. The van der Waals surface area contributed by atoms with E-state index in [1.807, 2.05) is 12.9 Å². The molecule has 1 N–H and O–H groups in total. The van der Waals surface area contributed by atoms with E-state index in [2.05, 4.69) is 5.97 Å². The molecule has 8 heavy (non-hydrogen) atoms. The van der Waals surface area contributed by atoms with Crippen LogP contribution in [0, 0.1) is 0 Å². The van der Waals surface area contributed by atoms with Crippen molar-refractivity contribution in [1.82, 2.24) is 0 Å². The third-order valence-electron chi connectivity index (χ3n) is 1.21. The van der Waals surface area contributed by atoms with Crippen LogP contribution in [0.5, 0.6) is 0 Å². The van der Waals surface area contributed by atoms with E-state index < -0.39 is 0 Å². The van der Waals surface area contributed by atoms with E-state index in [0.717, 1.165) is 18.3 Å². The molecule has 0 aliphatic carbocycles. The molecule has 0 aromatic rings. The molecule has 1 nitrogen and oxygen atoms in total. The van der Waals surface area contributed by atoms with Crippen molar-refractivity contribution in [2.24, 2.45) is 0 Å². The Balaban J connectivity index is 2.50. The average Bonchev–Trinajstić information content (AvgIpc) is 1.90. The molecule has 0 amide bonds. The molecule has 0 spiro atoms. The fraction of sp³-hybridized carbons (Fsp3) is 0.400. The summed E-state index contributed by atoms with van der Waals surface area (Å²) in [6, 6.07) is 0. The fourth-order valence-electron chi connectivity index (χ4n) is 0.729. The summed E-state index contributed by atoms with van der Waals surface area (Å²) in [6.07, 6.45) is 2.04. The van der Waals surface area contributed by atoms with Crippen molar-refractivity contribution in [2.75, 3.05) is 0 Å². The molecular formula is C5H7B2O. The summed E-state index contributed by atoms with van der Waals surface area (Å²) in [7, 11) is 1.17. The third-order valence-corrected chi connectivity index (χ3v) is 1.21. The van der Waals surface area contributed by atoms with Gasteiger partial charge < -0.3 is 0 Å². The minimum atomic E-state index is 0.979. The van der Waals surface area contributed by atoms with Gasteiger partial charge in [-0.3, -0.25) is 0 Å². The summed E-state index contributed by atoms with van der Waals surface area (Å²) >= 11 is 0. The molecule has 1 aliphatic heterocycles. The molecule has 0 saturated heterocycles. The van der Waals surface area contributed by atoms with Gasteiger partial charge in [0.2, 0.25) is 0 Å². The van der Waals surface area contributed by atoms with Crippen LogP contribution < -0.4 is 0 Å². The van der Waals surface area contributed by atoms with Crippen molar-refractivity contribution in [2.45, 2.75) is 12.8 Å². The van der Waals surface area contributed by atoms with Crippen LogP contribution in [0.4, 0.5) is 0 Å². The Kier molecular flexibility index (Phi) is 2.10. The van der Waals surface area contributed by atoms with Crippen LogP contribution in [-0.4, -0.2) is 25.4 Å². The zero-order chi connectivity index (χ0) is 5.82. The Morgan fingerprint density at radius 1 is 1.75 bits per heavy atom. The van der Waals surface area contributed by atoms with E-state index in [1.165, 1.54) is 7.48 Å². The number of rotatable bonds is 1. The van der Waals surface area contributed by atoms with Gasteiger partial charge in [-0.1, -0.05) is 0 Å². The van der Waals surface area contributed by atoms with Gasteiger partial charge in [0, 0.05) is 0 Å². The fourth-order valence-corrected chi connectivity index (χ4v) is 0.729. The average molecular weight is 105 g/mol. The first-order chi connectivity index (χ1) is 3.93. The summed E-state index contributed by atoms with van der Waals surface area (Å²) in [5.74, 6) is 4.01. The molecule has 0 aromatic carbocycles. The molecule has 1 rings (SSSR count).